The summed E-state index contributed by atoms with van der Waals surface area (Å²) < 4.78 is 13.0. The Bertz CT molecular complexity index is 470. The summed E-state index contributed by atoms with van der Waals surface area (Å²) in [5, 5.41) is 6.23. The van der Waals surface area contributed by atoms with Crippen LogP contribution in [0.1, 0.15) is 19.3 Å². The first-order chi connectivity index (χ1) is 9.20. The van der Waals surface area contributed by atoms with Crippen molar-refractivity contribution in [2.45, 2.75) is 31.3 Å². The van der Waals surface area contributed by atoms with Gasteiger partial charge in [0.25, 0.3) is 0 Å². The van der Waals surface area contributed by atoms with Crippen molar-refractivity contribution in [2.75, 3.05) is 18.4 Å². The molecule has 0 aromatic heterocycles. The predicted octanol–water partition coefficient (Wildman–Crippen LogP) is 2.18. The molecular weight excluding hydrogens is 245 g/mol. The third-order valence-electron chi connectivity index (χ3n) is 3.82. The van der Waals surface area contributed by atoms with E-state index in [1.54, 1.807) is 17.0 Å². The number of nitrogens with one attached hydrogen (secondary N) is 2. The van der Waals surface area contributed by atoms with Gasteiger partial charge in [-0.15, -0.1) is 0 Å². The number of halogens is 1. The zero-order valence-corrected chi connectivity index (χ0v) is 10.7. The maximum Gasteiger partial charge on any atom is 0.321 e. The summed E-state index contributed by atoms with van der Waals surface area (Å²) in [6, 6.07) is 6.87. The molecule has 1 saturated heterocycles. The third-order valence-corrected chi connectivity index (χ3v) is 3.82. The first-order valence-corrected chi connectivity index (χ1v) is 6.78. The first-order valence-electron chi connectivity index (χ1n) is 6.78. The van der Waals surface area contributed by atoms with Crippen molar-refractivity contribution >= 4 is 11.7 Å². The van der Waals surface area contributed by atoms with Crippen LogP contribution in [0.25, 0.3) is 0 Å². The monoisotopic (exact) mass is 263 g/mol. The van der Waals surface area contributed by atoms with Crippen LogP contribution in [-0.2, 0) is 0 Å². The van der Waals surface area contributed by atoms with Crippen LogP contribution in [-0.4, -0.2) is 36.1 Å². The van der Waals surface area contributed by atoms with Gasteiger partial charge in [0.15, 0.2) is 0 Å². The molecule has 1 heterocycles. The molecule has 1 aliphatic carbocycles. The summed E-state index contributed by atoms with van der Waals surface area (Å²) in [5.41, 5.74) is 0.500. The highest BCUT2D eigenvalue weighted by Crippen LogP contribution is 2.21. The molecule has 2 fully saturated rings. The van der Waals surface area contributed by atoms with E-state index in [4.69, 9.17) is 0 Å². The van der Waals surface area contributed by atoms with Crippen molar-refractivity contribution in [3.8, 4) is 0 Å². The molecule has 102 valence electrons. The highest BCUT2D eigenvalue weighted by Gasteiger charge is 2.33. The lowest BCUT2D eigenvalue weighted by molar-refractivity contribution is 0.132. The summed E-state index contributed by atoms with van der Waals surface area (Å²) in [6.07, 6.45) is 3.83. The number of carbonyl (C=O) groups excluding carboxylic acids is 1. The van der Waals surface area contributed by atoms with Crippen molar-refractivity contribution in [3.63, 3.8) is 0 Å². The zero-order valence-electron chi connectivity index (χ0n) is 10.7. The summed E-state index contributed by atoms with van der Waals surface area (Å²) in [7, 11) is 0. The number of amides is 2. The second kappa shape index (κ2) is 5.17. The molecule has 2 N–H and O–H groups in total. The molecule has 1 saturated carbocycles. The lowest BCUT2D eigenvalue weighted by atomic mass is 9.91. The van der Waals surface area contributed by atoms with Gasteiger partial charge in [-0.25, -0.2) is 9.18 Å². The molecule has 5 heteroatoms. The van der Waals surface area contributed by atoms with E-state index in [2.05, 4.69) is 10.6 Å². The number of hydrogen-bond donors (Lipinski definition) is 2. The fourth-order valence-corrected chi connectivity index (χ4v) is 2.43. The SMILES string of the molecule is O=C(Nc1cccc(F)c1)N1CC(NC2CCC2)C1. The third kappa shape index (κ3) is 2.87. The molecule has 0 unspecified atom stereocenters. The Hall–Kier alpha value is -1.62. The topological polar surface area (TPSA) is 44.4 Å². The van der Waals surface area contributed by atoms with Crippen LogP contribution in [0.2, 0.25) is 0 Å². The molecule has 0 spiro atoms. The maximum absolute atomic E-state index is 13.0. The molecule has 19 heavy (non-hydrogen) atoms. The number of anilines is 1. The summed E-state index contributed by atoms with van der Waals surface area (Å²) in [5.74, 6) is -0.342. The van der Waals surface area contributed by atoms with Gasteiger partial charge in [-0.05, 0) is 31.0 Å². The molecule has 2 amide bonds. The van der Waals surface area contributed by atoms with Gasteiger partial charge >= 0.3 is 6.03 Å². The van der Waals surface area contributed by atoms with Gasteiger partial charge < -0.3 is 15.5 Å². The average Bonchev–Trinajstić information content (AvgIpc) is 2.24. The summed E-state index contributed by atoms with van der Waals surface area (Å²) in [4.78, 5) is 13.6. The van der Waals surface area contributed by atoms with Crippen molar-refractivity contribution < 1.29 is 9.18 Å². The molecule has 2 aliphatic rings. The number of urea groups is 1. The van der Waals surface area contributed by atoms with Gasteiger partial charge in [0.2, 0.25) is 0 Å². The van der Waals surface area contributed by atoms with E-state index < -0.39 is 0 Å². The van der Waals surface area contributed by atoms with E-state index in [9.17, 15) is 9.18 Å². The molecule has 1 aromatic carbocycles. The number of benzene rings is 1. The van der Waals surface area contributed by atoms with Crippen LogP contribution in [0.5, 0.6) is 0 Å². The largest absolute Gasteiger partial charge is 0.321 e. The molecule has 0 bridgehead atoms. The van der Waals surface area contributed by atoms with Crippen LogP contribution in [0.3, 0.4) is 0 Å². The summed E-state index contributed by atoms with van der Waals surface area (Å²) in [6.45, 7) is 1.47. The Kier molecular flexibility index (Phi) is 3.38. The van der Waals surface area contributed by atoms with E-state index in [1.807, 2.05) is 0 Å². The number of rotatable bonds is 3. The molecule has 1 aliphatic heterocycles. The molecular formula is C14H18FN3O. The zero-order chi connectivity index (χ0) is 13.2. The van der Waals surface area contributed by atoms with E-state index >= 15 is 0 Å². The standard InChI is InChI=1S/C14H18FN3O/c15-10-3-1-6-12(7-10)17-14(19)18-8-13(9-18)16-11-4-2-5-11/h1,3,6-7,11,13,16H,2,4-5,8-9H2,(H,17,19). The van der Waals surface area contributed by atoms with Gasteiger partial charge in [0.05, 0.1) is 0 Å². The highest BCUT2D eigenvalue weighted by atomic mass is 19.1. The fraction of sp³-hybridized carbons (Fsp3) is 0.500. The molecule has 3 rings (SSSR count). The van der Waals surface area contributed by atoms with Crippen LogP contribution in [0.15, 0.2) is 24.3 Å². The molecule has 0 atom stereocenters. The molecule has 0 radical (unpaired) electrons. The second-order valence-corrected chi connectivity index (χ2v) is 5.34. The van der Waals surface area contributed by atoms with Gasteiger partial charge in [-0.2, -0.15) is 0 Å². The van der Waals surface area contributed by atoms with Crippen LogP contribution >= 0.6 is 0 Å². The predicted molar refractivity (Wildman–Crippen MR) is 71.6 cm³/mol. The number of nitrogens with zero attached hydrogens (tertiary/aromatic N) is 1. The quantitative estimate of drug-likeness (QED) is 0.878. The van der Waals surface area contributed by atoms with Crippen LogP contribution in [0, 0.1) is 5.82 Å². The Labute approximate surface area is 112 Å². The summed E-state index contributed by atoms with van der Waals surface area (Å²) >= 11 is 0. The Morgan fingerprint density at radius 1 is 1.26 bits per heavy atom. The Balaban J connectivity index is 1.44. The van der Waals surface area contributed by atoms with Gasteiger partial charge in [0.1, 0.15) is 5.82 Å². The van der Waals surface area contributed by atoms with Crippen molar-refractivity contribution in [1.29, 1.82) is 0 Å². The second-order valence-electron chi connectivity index (χ2n) is 5.34. The lowest BCUT2D eigenvalue weighted by Crippen LogP contribution is -2.63. The Morgan fingerprint density at radius 3 is 2.68 bits per heavy atom. The average molecular weight is 263 g/mol. The van der Waals surface area contributed by atoms with E-state index in [-0.39, 0.29) is 11.8 Å². The highest BCUT2D eigenvalue weighted by molar-refractivity contribution is 5.89. The minimum absolute atomic E-state index is 0.155. The first kappa shape index (κ1) is 12.4. The van der Waals surface area contributed by atoms with E-state index in [1.165, 1.54) is 31.4 Å². The van der Waals surface area contributed by atoms with Gasteiger partial charge in [0, 0.05) is 30.9 Å². The number of likely N-dealkylation sites (tertiary alicyclic amines) is 1. The van der Waals surface area contributed by atoms with Crippen LogP contribution < -0.4 is 10.6 Å². The van der Waals surface area contributed by atoms with E-state index in [0.717, 1.165) is 13.1 Å². The minimum atomic E-state index is -0.342. The molecule has 4 nitrogen and oxygen atoms in total. The van der Waals surface area contributed by atoms with Crippen molar-refractivity contribution in [3.05, 3.63) is 30.1 Å². The number of hydrogen-bond acceptors (Lipinski definition) is 2. The van der Waals surface area contributed by atoms with E-state index in [0.29, 0.717) is 17.8 Å². The van der Waals surface area contributed by atoms with Gasteiger partial charge in [-0.1, -0.05) is 12.5 Å². The maximum atomic E-state index is 13.0. The number of carbonyl (C=O) groups is 1. The Morgan fingerprint density at radius 2 is 2.05 bits per heavy atom. The normalized spacial score (nSPS) is 19.7. The smallest absolute Gasteiger partial charge is 0.321 e. The molecule has 1 aromatic rings. The lowest BCUT2D eigenvalue weighted by Gasteiger charge is -2.43. The minimum Gasteiger partial charge on any atom is -0.321 e. The van der Waals surface area contributed by atoms with Crippen molar-refractivity contribution in [2.24, 2.45) is 0 Å². The van der Waals surface area contributed by atoms with Crippen LogP contribution in [0.4, 0.5) is 14.9 Å². The fourth-order valence-electron chi connectivity index (χ4n) is 2.43. The van der Waals surface area contributed by atoms with Gasteiger partial charge in [-0.3, -0.25) is 0 Å². The van der Waals surface area contributed by atoms with Crippen molar-refractivity contribution in [1.82, 2.24) is 10.2 Å².